The van der Waals surface area contributed by atoms with Crippen LogP contribution in [0, 0.1) is 22.2 Å². The molecule has 1 aliphatic heterocycles. The lowest BCUT2D eigenvalue weighted by Gasteiger charge is -2.26. The Labute approximate surface area is 283 Å². The van der Waals surface area contributed by atoms with Crippen LogP contribution in [-0.4, -0.2) is 67.7 Å². The van der Waals surface area contributed by atoms with Gasteiger partial charge in [0.05, 0.1) is 25.6 Å². The number of aliphatic hydroxyl groups excluding tert-OH is 1. The highest BCUT2D eigenvalue weighted by Gasteiger charge is 2.75. The maximum atomic E-state index is 14.7. The largest absolute Gasteiger partial charge is 0.476 e. The van der Waals surface area contributed by atoms with Crippen molar-refractivity contribution in [2.24, 2.45) is 10.8 Å². The van der Waals surface area contributed by atoms with E-state index in [0.717, 1.165) is 5.39 Å². The summed E-state index contributed by atoms with van der Waals surface area (Å²) in [5.41, 5.74) is 3.18. The third kappa shape index (κ3) is 6.42. The Kier molecular flexibility index (Phi) is 8.83. The van der Waals surface area contributed by atoms with Crippen LogP contribution >= 0.6 is 7.75 Å². The van der Waals surface area contributed by atoms with Crippen LogP contribution in [0.4, 0.5) is 5.95 Å². The Morgan fingerprint density at radius 3 is 2.71 bits per heavy atom. The fourth-order valence-electron chi connectivity index (χ4n) is 5.94. The molecule has 1 saturated carbocycles. The van der Waals surface area contributed by atoms with Crippen molar-refractivity contribution in [2.75, 3.05) is 18.9 Å². The molecule has 2 unspecified atom stereocenters. The van der Waals surface area contributed by atoms with E-state index in [4.69, 9.17) is 29.0 Å². The van der Waals surface area contributed by atoms with E-state index in [-0.39, 0.29) is 41.7 Å². The topological polar surface area (TPSA) is 206 Å². The zero-order valence-electron chi connectivity index (χ0n) is 28.1. The number of hydrogen-bond donors (Lipinski definition) is 3. The van der Waals surface area contributed by atoms with E-state index in [1.165, 1.54) is 17.8 Å². The zero-order valence-corrected chi connectivity index (χ0v) is 29.0. The number of carbonyl (C=O) groups excluding carboxylic acids is 1. The van der Waals surface area contributed by atoms with Crippen LogP contribution in [0.25, 0.3) is 21.9 Å². The number of ether oxygens (including phenoxy) is 3. The highest BCUT2D eigenvalue weighted by Crippen LogP contribution is 2.65. The van der Waals surface area contributed by atoms with E-state index >= 15 is 0 Å². The second kappa shape index (κ2) is 12.5. The molecule has 0 radical (unpaired) electrons. The van der Waals surface area contributed by atoms with E-state index < -0.39 is 49.2 Å². The number of carbonyl (C=O) groups is 1. The second-order valence-electron chi connectivity index (χ2n) is 13.7. The molecule has 2 aromatic carbocycles. The van der Waals surface area contributed by atoms with Crippen LogP contribution in [0.2, 0.25) is 0 Å². The minimum absolute atomic E-state index is 0.0588. The van der Waals surface area contributed by atoms with Crippen molar-refractivity contribution < 1.29 is 37.7 Å². The molecule has 7 atom stereocenters. The Hall–Kier alpha value is -4.32. The molecule has 3 heterocycles. The lowest BCUT2D eigenvalue weighted by Crippen LogP contribution is -2.39. The van der Waals surface area contributed by atoms with E-state index in [2.05, 4.69) is 26.1 Å². The number of nitrogen functional groups attached to an aromatic ring is 1. The van der Waals surface area contributed by atoms with Crippen LogP contribution < -0.4 is 20.1 Å². The molecule has 4 aromatic rings. The molecule has 2 aliphatic rings. The van der Waals surface area contributed by atoms with Crippen LogP contribution in [0.15, 0.2) is 48.8 Å². The Morgan fingerprint density at radius 2 is 2.00 bits per heavy atom. The first-order chi connectivity index (χ1) is 23.1. The molecule has 6 rings (SSSR count). The molecule has 1 spiro atoms. The molecule has 4 N–H and O–H groups in total. The fourth-order valence-corrected chi connectivity index (χ4v) is 7.68. The van der Waals surface area contributed by atoms with Crippen molar-refractivity contribution in [3.63, 3.8) is 0 Å². The van der Waals surface area contributed by atoms with Crippen molar-refractivity contribution in [3.05, 3.63) is 48.8 Å². The number of nitrogens with one attached hydrogen (secondary N) is 1. The maximum Gasteiger partial charge on any atom is 0.459 e. The summed E-state index contributed by atoms with van der Waals surface area (Å²) >= 11 is 0. The normalized spacial score (nSPS) is 26.7. The number of anilines is 1. The molecular formula is C33H40N7O8P. The monoisotopic (exact) mass is 693 g/mol. The van der Waals surface area contributed by atoms with E-state index in [1.54, 1.807) is 26.0 Å². The maximum absolute atomic E-state index is 14.7. The van der Waals surface area contributed by atoms with Crippen molar-refractivity contribution in [2.45, 2.75) is 78.0 Å². The average molecular weight is 694 g/mol. The van der Waals surface area contributed by atoms with Gasteiger partial charge in [0.25, 0.3) is 0 Å². The first-order valence-electron chi connectivity index (χ1n) is 15.9. The first kappa shape index (κ1) is 34.5. The van der Waals surface area contributed by atoms with Crippen LogP contribution in [0.1, 0.15) is 54.2 Å². The third-order valence-electron chi connectivity index (χ3n) is 8.53. The van der Waals surface area contributed by atoms with Crippen LogP contribution in [-0.2, 0) is 23.4 Å². The molecule has 15 nitrogen and oxygen atoms in total. The van der Waals surface area contributed by atoms with Gasteiger partial charge in [-0.2, -0.15) is 20.3 Å². The minimum atomic E-state index is -4.41. The SMILES string of the molecule is CCOc1nc(N)nc2c1ncn2[C@@H]1OC2(C[C@@H]2OP(=O)(N[C@@H](C)C(=O)OCC(C)(C)C)Oc2cccc3ccccc23)[C@@H](O)[C@@]1(C)C#N. The van der Waals surface area contributed by atoms with Gasteiger partial charge in [0.2, 0.25) is 11.8 Å². The number of imidazole rings is 1. The smallest absolute Gasteiger partial charge is 0.459 e. The number of esters is 1. The Bertz CT molecular complexity index is 1990. The molecule has 2 fully saturated rings. The third-order valence-corrected chi connectivity index (χ3v) is 10.2. The molecule has 0 bridgehead atoms. The molecule has 1 saturated heterocycles. The summed E-state index contributed by atoms with van der Waals surface area (Å²) in [5.74, 6) is -0.320. The van der Waals surface area contributed by atoms with Gasteiger partial charge < -0.3 is 29.6 Å². The molecule has 49 heavy (non-hydrogen) atoms. The highest BCUT2D eigenvalue weighted by atomic mass is 31.2. The van der Waals surface area contributed by atoms with Gasteiger partial charge in [-0.25, -0.2) is 9.55 Å². The van der Waals surface area contributed by atoms with Crippen molar-refractivity contribution in [3.8, 4) is 17.7 Å². The lowest BCUT2D eigenvalue weighted by atomic mass is 9.83. The molecule has 16 heteroatoms. The second-order valence-corrected chi connectivity index (χ2v) is 15.4. The first-order valence-corrected chi connectivity index (χ1v) is 17.5. The summed E-state index contributed by atoms with van der Waals surface area (Å²) in [6.45, 7) is 11.0. The quantitative estimate of drug-likeness (QED) is 0.144. The molecule has 1 aliphatic carbocycles. The molecule has 0 amide bonds. The average Bonchev–Trinajstić information content (AvgIpc) is 3.47. The number of aromatic nitrogens is 4. The number of nitrogens with zero attached hydrogens (tertiary/aromatic N) is 5. The summed E-state index contributed by atoms with van der Waals surface area (Å²) in [4.78, 5) is 25.8. The fraction of sp³-hybridized carbons (Fsp3) is 0.485. The number of benzene rings is 2. The summed E-state index contributed by atoms with van der Waals surface area (Å²) in [6.07, 6.45) is -2.08. The van der Waals surface area contributed by atoms with Gasteiger partial charge in [0.15, 0.2) is 17.4 Å². The number of nitrogens with two attached hydrogens (primary N) is 1. The molecule has 2 aromatic heterocycles. The summed E-state index contributed by atoms with van der Waals surface area (Å²) in [7, 11) is -4.41. The zero-order chi connectivity index (χ0) is 35.4. The van der Waals surface area contributed by atoms with Gasteiger partial charge in [-0.3, -0.25) is 13.9 Å². The lowest BCUT2D eigenvalue weighted by molar-refractivity contribution is -0.148. The minimum Gasteiger partial charge on any atom is -0.476 e. The van der Waals surface area contributed by atoms with Gasteiger partial charge in [-0.15, -0.1) is 0 Å². The Morgan fingerprint density at radius 1 is 1.27 bits per heavy atom. The van der Waals surface area contributed by atoms with Gasteiger partial charge in [-0.05, 0) is 37.6 Å². The van der Waals surface area contributed by atoms with Gasteiger partial charge in [0, 0.05) is 11.8 Å². The standard InChI is InChI=1S/C33H40N7O8P/c1-7-44-26-24-25(37-30(35)38-26)40(18-36-24)29-32(6,16-34)28(42)33(46-29)15-23(33)48-49(43,39-19(2)27(41)45-17-31(3,4)5)47-22-14-10-12-20-11-8-9-13-21(20)22/h8-14,18-19,23,28-29,42H,7,15,17H2,1-6H3,(H,39,43)(H2,35,37,38)/t19-,23-,28-,29+,32+,33?,49?/m0/s1. The molecule has 260 valence electrons. The summed E-state index contributed by atoms with van der Waals surface area (Å²) in [6, 6.07) is 13.7. The number of fused-ring (bicyclic) bond motifs is 2. The van der Waals surface area contributed by atoms with Gasteiger partial charge in [-0.1, -0.05) is 57.2 Å². The van der Waals surface area contributed by atoms with Crippen LogP contribution in [0.3, 0.4) is 0 Å². The Balaban J connectivity index is 1.31. The van der Waals surface area contributed by atoms with E-state index in [0.29, 0.717) is 17.5 Å². The predicted octanol–water partition coefficient (Wildman–Crippen LogP) is 4.66. The number of hydrogen-bond acceptors (Lipinski definition) is 13. The highest BCUT2D eigenvalue weighted by molar-refractivity contribution is 7.52. The van der Waals surface area contributed by atoms with Gasteiger partial charge >= 0.3 is 13.7 Å². The van der Waals surface area contributed by atoms with Crippen LogP contribution in [0.5, 0.6) is 11.6 Å². The summed E-state index contributed by atoms with van der Waals surface area (Å²) < 4.78 is 45.9. The van der Waals surface area contributed by atoms with Crippen molar-refractivity contribution in [1.29, 1.82) is 5.26 Å². The number of nitriles is 1. The number of rotatable bonds is 11. The molecular weight excluding hydrogens is 653 g/mol. The predicted molar refractivity (Wildman–Crippen MR) is 178 cm³/mol. The summed E-state index contributed by atoms with van der Waals surface area (Å²) in [5, 5.41) is 26.4. The van der Waals surface area contributed by atoms with Gasteiger partial charge in [0.1, 0.15) is 35.0 Å². The number of aliphatic hydroxyl groups is 1. The van der Waals surface area contributed by atoms with E-state index in [9.17, 15) is 19.7 Å². The van der Waals surface area contributed by atoms with Crippen molar-refractivity contribution >= 4 is 41.6 Å². The van der Waals surface area contributed by atoms with E-state index in [1.807, 2.05) is 51.1 Å². The van der Waals surface area contributed by atoms with Crippen molar-refractivity contribution in [1.82, 2.24) is 24.6 Å².